The average Bonchev–Trinajstić information content (AvgIpc) is 2.65. The van der Waals surface area contributed by atoms with E-state index in [9.17, 15) is 9.59 Å². The Labute approximate surface area is 101 Å². The third-order valence-electron chi connectivity index (χ3n) is 1.32. The van der Waals surface area contributed by atoms with E-state index < -0.39 is 11.8 Å². The molecule has 72 valence electrons. The van der Waals surface area contributed by atoms with Crippen molar-refractivity contribution in [1.29, 1.82) is 0 Å². The van der Waals surface area contributed by atoms with Gasteiger partial charge in [-0.25, -0.2) is 0 Å². The van der Waals surface area contributed by atoms with Crippen LogP contribution in [-0.4, -0.2) is 49.4 Å². The summed E-state index contributed by atoms with van der Waals surface area (Å²) in [4.78, 5) is 26.3. The van der Waals surface area contributed by atoms with Crippen molar-refractivity contribution in [3.8, 4) is 0 Å². The van der Waals surface area contributed by atoms with Gasteiger partial charge in [0.1, 0.15) is 0 Å². The molecule has 1 N–H and O–H groups in total. The first-order chi connectivity index (χ1) is 6.69. The molecule has 0 spiro atoms. The molecule has 14 heavy (non-hydrogen) atoms. The van der Waals surface area contributed by atoms with Gasteiger partial charge in [-0.1, -0.05) is 0 Å². The molecule has 0 saturated heterocycles. The van der Waals surface area contributed by atoms with E-state index in [1.165, 1.54) is 11.3 Å². The second kappa shape index (κ2) is 5.39. The summed E-state index contributed by atoms with van der Waals surface area (Å²) in [5, 5.41) is 2.21. The number of hydrogen-bond acceptors (Lipinski definition) is 6. The number of ketones is 1. The van der Waals surface area contributed by atoms with Gasteiger partial charge in [0.2, 0.25) is 0 Å². The number of nitrogens with one attached hydrogen (secondary N) is 1. The normalized spacial score (nSPS) is 9.43. The van der Waals surface area contributed by atoms with E-state index >= 15 is 0 Å². The third kappa shape index (κ3) is 2.74. The summed E-state index contributed by atoms with van der Waals surface area (Å²) in [5.41, 5.74) is 0.150. The summed E-state index contributed by atoms with van der Waals surface area (Å²) in [6, 6.07) is 0. The summed E-state index contributed by atoms with van der Waals surface area (Å²) in [7, 11) is 0. The molecule has 0 aromatic carbocycles. The molecule has 0 fully saturated rings. The van der Waals surface area contributed by atoms with E-state index in [0.29, 0.717) is 31.2 Å². The summed E-state index contributed by atoms with van der Waals surface area (Å²) in [6.07, 6.45) is 0. The second-order valence-corrected chi connectivity index (χ2v) is 4.21. The molecule has 0 saturated carbocycles. The van der Waals surface area contributed by atoms with Crippen LogP contribution in [0.5, 0.6) is 0 Å². The first-order valence-corrected chi connectivity index (χ1v) is 6.95. The van der Waals surface area contributed by atoms with Crippen LogP contribution in [0, 0.1) is 0 Å². The Morgan fingerprint density at radius 3 is 2.93 bits per heavy atom. The Morgan fingerprint density at radius 1 is 1.71 bits per heavy atom. The number of aromatic nitrogens is 1. The van der Waals surface area contributed by atoms with Gasteiger partial charge in [-0.05, 0) is 0 Å². The van der Waals surface area contributed by atoms with Crippen molar-refractivity contribution in [3.05, 3.63) is 11.1 Å². The van der Waals surface area contributed by atoms with Crippen LogP contribution in [0.1, 0.15) is 17.4 Å². The summed E-state index contributed by atoms with van der Waals surface area (Å²) < 4.78 is 7.51. The SMILES string of the molecule is CCOC(=O)C(=O)c1csc([NH][Tl])n1. The fourth-order valence-corrected chi connectivity index (χ4v) is 2.39. The molecule has 5 nitrogen and oxygen atoms in total. The first-order valence-electron chi connectivity index (χ1n) is 3.82. The van der Waals surface area contributed by atoms with Crippen LogP contribution >= 0.6 is 11.3 Å². The van der Waals surface area contributed by atoms with Gasteiger partial charge < -0.3 is 0 Å². The minimum atomic E-state index is -0.847. The Balaban J connectivity index is 2.74. The fraction of sp³-hybridized carbons (Fsp3) is 0.286. The maximum atomic E-state index is 11.3. The Kier molecular flexibility index (Phi) is 4.45. The minimum absolute atomic E-state index is 0.150. The van der Waals surface area contributed by atoms with Crippen molar-refractivity contribution in [2.24, 2.45) is 0 Å². The monoisotopic (exact) mass is 404 g/mol. The van der Waals surface area contributed by atoms with Gasteiger partial charge in [-0.3, -0.25) is 0 Å². The van der Waals surface area contributed by atoms with Crippen molar-refractivity contribution in [2.75, 3.05) is 9.73 Å². The Hall–Kier alpha value is -0.508. The quantitative estimate of drug-likeness (QED) is 0.341. The van der Waals surface area contributed by atoms with Gasteiger partial charge >= 0.3 is 101 Å². The van der Waals surface area contributed by atoms with Crippen molar-refractivity contribution in [3.63, 3.8) is 0 Å². The average molecular weight is 404 g/mol. The number of thiazole rings is 1. The molecule has 7 heteroatoms. The molecule has 0 unspecified atom stereocenters. The van der Waals surface area contributed by atoms with Crippen LogP contribution in [0.15, 0.2) is 5.38 Å². The van der Waals surface area contributed by atoms with E-state index in [2.05, 4.69) is 12.8 Å². The number of anilines is 1. The third-order valence-corrected chi connectivity index (χ3v) is 3.97. The van der Waals surface area contributed by atoms with E-state index in [1.54, 1.807) is 12.3 Å². The van der Waals surface area contributed by atoms with Gasteiger partial charge in [0.25, 0.3) is 0 Å². The van der Waals surface area contributed by atoms with Crippen molar-refractivity contribution in [1.82, 2.24) is 4.98 Å². The van der Waals surface area contributed by atoms with E-state index in [4.69, 9.17) is 0 Å². The van der Waals surface area contributed by atoms with Crippen molar-refractivity contribution < 1.29 is 14.3 Å². The molecule has 0 amide bonds. The van der Waals surface area contributed by atoms with Gasteiger partial charge in [-0.15, -0.1) is 0 Å². The van der Waals surface area contributed by atoms with Gasteiger partial charge in [0, 0.05) is 0 Å². The zero-order valence-corrected chi connectivity index (χ0v) is 12.7. The molecule has 0 aliphatic heterocycles. The predicted octanol–water partition coefficient (Wildman–Crippen LogP) is 0.384. The van der Waals surface area contributed by atoms with Crippen LogP contribution in [0.25, 0.3) is 0 Å². The van der Waals surface area contributed by atoms with Crippen LogP contribution in [-0.2, 0) is 9.53 Å². The molecule has 0 radical (unpaired) electrons. The Bertz CT molecular complexity index is 352. The van der Waals surface area contributed by atoms with Crippen LogP contribution < -0.4 is 3.13 Å². The molecule has 0 aliphatic rings. The predicted molar refractivity (Wildman–Crippen MR) is 52.5 cm³/mol. The van der Waals surface area contributed by atoms with Gasteiger partial charge in [-0.2, -0.15) is 0 Å². The molecule has 1 heterocycles. The van der Waals surface area contributed by atoms with Crippen molar-refractivity contribution in [2.45, 2.75) is 6.92 Å². The molecule has 0 atom stereocenters. The summed E-state index contributed by atoms with van der Waals surface area (Å²) >= 11 is 1.87. The van der Waals surface area contributed by atoms with Gasteiger partial charge in [0.15, 0.2) is 0 Å². The zero-order valence-electron chi connectivity index (χ0n) is 7.44. The first kappa shape index (κ1) is 11.6. The van der Waals surface area contributed by atoms with E-state index in [1.807, 2.05) is 0 Å². The summed E-state index contributed by atoms with van der Waals surface area (Å²) in [5.74, 6) is -1.53. The number of Topliss-reactive ketones (excluding diaryl/α,β-unsaturated/α-hetero) is 1. The van der Waals surface area contributed by atoms with Crippen LogP contribution in [0.4, 0.5) is 5.13 Å². The number of carbonyl (C=O) groups excluding carboxylic acids is 2. The van der Waals surface area contributed by atoms with E-state index in [0.717, 1.165) is 0 Å². The number of carbonyl (C=O) groups is 2. The molecule has 1 aromatic rings. The van der Waals surface area contributed by atoms with Crippen LogP contribution in [0.2, 0.25) is 0 Å². The molecule has 0 aliphatic carbocycles. The van der Waals surface area contributed by atoms with Crippen LogP contribution in [0.3, 0.4) is 0 Å². The number of ether oxygens (including phenoxy) is 1. The molecule has 0 bridgehead atoms. The summed E-state index contributed by atoms with van der Waals surface area (Å²) in [6.45, 7) is 1.85. The number of esters is 1. The standard InChI is InChI=1S/C7H7N2O3S.Tl/c1-2-12-6(11)5(10)4-3-13-7(8)9-4;/h3H,2H2,1H3,(H-,8,9);/q-1;+1. The molecular formula is C7H7N2O3STl. The second-order valence-electron chi connectivity index (χ2n) is 2.23. The van der Waals surface area contributed by atoms with Gasteiger partial charge in [0.05, 0.1) is 0 Å². The van der Waals surface area contributed by atoms with Crippen molar-refractivity contribution >= 4 is 54.3 Å². The Morgan fingerprint density at radius 2 is 2.43 bits per heavy atom. The maximum absolute atomic E-state index is 11.3. The number of hydrogen-bond donors (Lipinski definition) is 1. The topological polar surface area (TPSA) is 68.3 Å². The zero-order chi connectivity index (χ0) is 10.6. The molecule has 1 aromatic heterocycles. The number of nitrogens with zero attached hydrogens (tertiary/aromatic N) is 1. The fourth-order valence-electron chi connectivity index (χ4n) is 0.746. The molecular weight excluding hydrogens is 397 g/mol. The molecule has 1 rings (SSSR count). The number of rotatable bonds is 4. The van der Waals surface area contributed by atoms with E-state index in [-0.39, 0.29) is 12.3 Å².